The standard InChI is InChI=1S/C30H38N8O4/c31-29(32)35-17-6-2-5-10-27(39)38-26-16-15-24(41-19-7-18-36-30(33)34)20-25(26)28(40)37-21-11-13-23(14-12-21)42-22-8-3-1-4-9-22/h1,3-4,8-9,11-16,20H,2,5-7,10,17-19H2,(H,37,40)(H,38,39)(H4,31,32,35)(H4,33,34,36). The molecule has 0 radical (unpaired) electrons. The number of amides is 2. The summed E-state index contributed by atoms with van der Waals surface area (Å²) >= 11 is 0. The molecule has 0 unspecified atom stereocenters. The van der Waals surface area contributed by atoms with Crippen molar-refractivity contribution in [1.82, 2.24) is 0 Å². The van der Waals surface area contributed by atoms with Gasteiger partial charge in [-0.1, -0.05) is 24.6 Å². The van der Waals surface area contributed by atoms with Crippen molar-refractivity contribution in [2.75, 3.05) is 30.3 Å². The number of nitrogens with one attached hydrogen (secondary N) is 2. The third-order valence-corrected chi connectivity index (χ3v) is 5.82. The normalized spacial score (nSPS) is 10.3. The second-order valence-electron chi connectivity index (χ2n) is 9.28. The van der Waals surface area contributed by atoms with Gasteiger partial charge in [0, 0.05) is 31.6 Å². The molecule has 12 heteroatoms. The van der Waals surface area contributed by atoms with Crippen LogP contribution in [-0.4, -0.2) is 43.4 Å². The molecule has 42 heavy (non-hydrogen) atoms. The van der Waals surface area contributed by atoms with Gasteiger partial charge >= 0.3 is 0 Å². The number of nitrogens with two attached hydrogens (primary N) is 4. The number of aliphatic imine (C=N–C) groups is 2. The average molecular weight is 575 g/mol. The summed E-state index contributed by atoms with van der Waals surface area (Å²) in [7, 11) is 0. The van der Waals surface area contributed by atoms with Crippen LogP contribution in [0.25, 0.3) is 0 Å². The fourth-order valence-corrected chi connectivity index (χ4v) is 3.80. The van der Waals surface area contributed by atoms with Gasteiger partial charge in [-0.05, 0) is 67.4 Å². The van der Waals surface area contributed by atoms with Crippen molar-refractivity contribution < 1.29 is 19.1 Å². The van der Waals surface area contributed by atoms with Crippen LogP contribution >= 0.6 is 0 Å². The highest BCUT2D eigenvalue weighted by Crippen LogP contribution is 2.26. The number of guanidine groups is 2. The van der Waals surface area contributed by atoms with E-state index < -0.39 is 5.91 Å². The van der Waals surface area contributed by atoms with Crippen LogP contribution in [0.4, 0.5) is 11.4 Å². The molecule has 10 N–H and O–H groups in total. The van der Waals surface area contributed by atoms with Crippen molar-refractivity contribution in [1.29, 1.82) is 0 Å². The minimum absolute atomic E-state index is 0.0162. The summed E-state index contributed by atoms with van der Waals surface area (Å²) in [6, 6.07) is 21.3. The van der Waals surface area contributed by atoms with Crippen molar-refractivity contribution in [2.24, 2.45) is 32.9 Å². The van der Waals surface area contributed by atoms with Crippen LogP contribution in [0.2, 0.25) is 0 Å². The number of nitrogens with zero attached hydrogens (tertiary/aromatic N) is 2. The fourth-order valence-electron chi connectivity index (χ4n) is 3.80. The van der Waals surface area contributed by atoms with Crippen LogP contribution in [0.5, 0.6) is 17.2 Å². The third-order valence-electron chi connectivity index (χ3n) is 5.82. The lowest BCUT2D eigenvalue weighted by Gasteiger charge is -2.14. The number of hydrogen-bond acceptors (Lipinski definition) is 6. The minimum atomic E-state index is -0.412. The highest BCUT2D eigenvalue weighted by atomic mass is 16.5. The highest BCUT2D eigenvalue weighted by molar-refractivity contribution is 6.10. The molecule has 0 spiro atoms. The molecule has 0 bridgehead atoms. The Bertz CT molecular complexity index is 1350. The Morgan fingerprint density at radius 1 is 0.690 bits per heavy atom. The lowest BCUT2D eigenvalue weighted by atomic mass is 10.1. The molecular weight excluding hydrogens is 536 g/mol. The summed E-state index contributed by atoms with van der Waals surface area (Å²) in [5.74, 6) is 1.25. The van der Waals surface area contributed by atoms with E-state index in [0.717, 1.165) is 12.8 Å². The summed E-state index contributed by atoms with van der Waals surface area (Å²) in [6.07, 6.45) is 3.08. The van der Waals surface area contributed by atoms with Crippen LogP contribution in [0.1, 0.15) is 42.5 Å². The molecule has 0 aliphatic heterocycles. The van der Waals surface area contributed by atoms with E-state index >= 15 is 0 Å². The van der Waals surface area contributed by atoms with E-state index in [0.29, 0.717) is 61.2 Å². The zero-order valence-electron chi connectivity index (χ0n) is 23.4. The monoisotopic (exact) mass is 574 g/mol. The smallest absolute Gasteiger partial charge is 0.257 e. The quantitative estimate of drug-likeness (QED) is 0.0845. The van der Waals surface area contributed by atoms with Gasteiger partial charge in [0.1, 0.15) is 17.2 Å². The molecule has 222 valence electrons. The highest BCUT2D eigenvalue weighted by Gasteiger charge is 2.16. The van der Waals surface area contributed by atoms with Crippen LogP contribution < -0.4 is 43.0 Å². The molecule has 2 amide bonds. The molecule has 0 saturated carbocycles. The maximum Gasteiger partial charge on any atom is 0.257 e. The van der Waals surface area contributed by atoms with Gasteiger partial charge in [-0.25, -0.2) is 0 Å². The van der Waals surface area contributed by atoms with Crippen LogP contribution in [-0.2, 0) is 4.79 Å². The molecule has 0 atom stereocenters. The number of anilines is 2. The summed E-state index contributed by atoms with van der Waals surface area (Å²) in [6.45, 7) is 1.27. The fraction of sp³-hybridized carbons (Fsp3) is 0.267. The van der Waals surface area contributed by atoms with E-state index in [1.165, 1.54) is 0 Å². The second kappa shape index (κ2) is 16.8. The summed E-state index contributed by atoms with van der Waals surface area (Å²) in [5, 5.41) is 5.73. The molecule has 0 aliphatic rings. The van der Waals surface area contributed by atoms with E-state index in [1.54, 1.807) is 42.5 Å². The zero-order valence-corrected chi connectivity index (χ0v) is 23.4. The molecule has 12 nitrogen and oxygen atoms in total. The first-order chi connectivity index (χ1) is 20.3. The molecule has 0 saturated heterocycles. The number of unbranched alkanes of at least 4 members (excludes halogenated alkanes) is 2. The van der Waals surface area contributed by atoms with Gasteiger partial charge in [0.15, 0.2) is 11.9 Å². The van der Waals surface area contributed by atoms with Gasteiger partial charge in [-0.3, -0.25) is 19.6 Å². The number of ether oxygens (including phenoxy) is 2. The first-order valence-corrected chi connectivity index (χ1v) is 13.6. The molecular formula is C30H38N8O4. The van der Waals surface area contributed by atoms with Crippen molar-refractivity contribution in [3.63, 3.8) is 0 Å². The number of para-hydroxylation sites is 1. The SMILES string of the molecule is NC(N)=NCCCCCC(=O)Nc1ccc(OCCCN=C(N)N)cc1C(=O)Nc1ccc(Oc2ccccc2)cc1. The lowest BCUT2D eigenvalue weighted by Crippen LogP contribution is -2.23. The van der Waals surface area contributed by atoms with Crippen LogP contribution in [0.3, 0.4) is 0 Å². The van der Waals surface area contributed by atoms with Gasteiger partial charge in [-0.15, -0.1) is 0 Å². The van der Waals surface area contributed by atoms with Crippen molar-refractivity contribution in [3.8, 4) is 17.2 Å². The third kappa shape index (κ3) is 11.5. The second-order valence-corrected chi connectivity index (χ2v) is 9.28. The summed E-state index contributed by atoms with van der Waals surface area (Å²) in [5.41, 5.74) is 22.5. The predicted octanol–water partition coefficient (Wildman–Crippen LogP) is 3.55. The average Bonchev–Trinajstić information content (AvgIpc) is 2.96. The maximum atomic E-state index is 13.4. The van der Waals surface area contributed by atoms with E-state index in [2.05, 4.69) is 20.6 Å². The van der Waals surface area contributed by atoms with Gasteiger partial charge in [0.05, 0.1) is 17.9 Å². The Labute approximate surface area is 245 Å². The van der Waals surface area contributed by atoms with Crippen molar-refractivity contribution >= 4 is 35.1 Å². The number of hydrogen-bond donors (Lipinski definition) is 6. The molecule has 0 heterocycles. The molecule has 3 aromatic rings. The van der Waals surface area contributed by atoms with Crippen LogP contribution in [0.15, 0.2) is 82.8 Å². The van der Waals surface area contributed by atoms with Gasteiger partial charge < -0.3 is 43.0 Å². The van der Waals surface area contributed by atoms with Crippen LogP contribution in [0, 0.1) is 0 Å². The first-order valence-electron chi connectivity index (χ1n) is 13.6. The largest absolute Gasteiger partial charge is 0.494 e. The molecule has 0 aromatic heterocycles. The van der Waals surface area contributed by atoms with E-state index in [9.17, 15) is 9.59 Å². The molecule has 3 rings (SSSR count). The number of benzene rings is 3. The number of carbonyl (C=O) groups is 2. The first kappa shape index (κ1) is 31.3. The predicted molar refractivity (Wildman–Crippen MR) is 166 cm³/mol. The summed E-state index contributed by atoms with van der Waals surface area (Å²) < 4.78 is 11.6. The minimum Gasteiger partial charge on any atom is -0.494 e. The topological polar surface area (TPSA) is 205 Å². The van der Waals surface area contributed by atoms with E-state index in [4.69, 9.17) is 32.4 Å². The van der Waals surface area contributed by atoms with Gasteiger partial charge in [-0.2, -0.15) is 0 Å². The Morgan fingerprint density at radius 3 is 2.02 bits per heavy atom. The zero-order chi connectivity index (χ0) is 30.2. The van der Waals surface area contributed by atoms with E-state index in [-0.39, 0.29) is 29.8 Å². The van der Waals surface area contributed by atoms with Crippen molar-refractivity contribution in [3.05, 3.63) is 78.4 Å². The van der Waals surface area contributed by atoms with Crippen molar-refractivity contribution in [2.45, 2.75) is 32.1 Å². The maximum absolute atomic E-state index is 13.4. The lowest BCUT2D eigenvalue weighted by molar-refractivity contribution is -0.116. The number of carbonyl (C=O) groups excluding carboxylic acids is 2. The molecule has 3 aromatic carbocycles. The Morgan fingerprint density at radius 2 is 1.33 bits per heavy atom. The molecule has 0 fully saturated rings. The Hall–Kier alpha value is -5.26. The van der Waals surface area contributed by atoms with E-state index in [1.807, 2.05) is 30.3 Å². The summed E-state index contributed by atoms with van der Waals surface area (Å²) in [4.78, 5) is 33.9. The number of rotatable bonds is 16. The molecule has 0 aliphatic carbocycles. The van der Waals surface area contributed by atoms with Gasteiger partial charge in [0.25, 0.3) is 5.91 Å². The Kier molecular flexibility index (Phi) is 12.5. The Balaban J connectivity index is 1.66. The van der Waals surface area contributed by atoms with Gasteiger partial charge in [0.2, 0.25) is 5.91 Å².